The maximum Gasteiger partial charge on any atom is 0.352 e. The Balaban J connectivity index is 1.61. The lowest BCUT2D eigenvalue weighted by molar-refractivity contribution is -0.151. The number of thioether (sulfide) groups is 1. The van der Waals surface area contributed by atoms with Gasteiger partial charge in [0.15, 0.2) is 0 Å². The zero-order valence-electron chi connectivity index (χ0n) is 20.3. The van der Waals surface area contributed by atoms with Crippen molar-refractivity contribution in [3.8, 4) is 0 Å². The molecule has 2 N–H and O–H groups in total. The van der Waals surface area contributed by atoms with Crippen LogP contribution in [0.15, 0.2) is 35.8 Å². The molecule has 0 aliphatic carbocycles. The van der Waals surface area contributed by atoms with Crippen molar-refractivity contribution in [3.05, 3.63) is 35.8 Å². The summed E-state index contributed by atoms with van der Waals surface area (Å²) in [6.07, 6.45) is 6.50. The number of carboxylic acids is 1. The van der Waals surface area contributed by atoms with Crippen molar-refractivity contribution in [2.75, 3.05) is 19.0 Å². The van der Waals surface area contributed by atoms with Gasteiger partial charge in [0.1, 0.15) is 29.8 Å². The summed E-state index contributed by atoms with van der Waals surface area (Å²) < 4.78 is 11.6. The molecule has 3 rings (SSSR count). The fourth-order valence-electron chi connectivity index (χ4n) is 4.22. The smallest absolute Gasteiger partial charge is 0.352 e. The van der Waals surface area contributed by atoms with E-state index in [2.05, 4.69) is 5.32 Å². The fraction of sp³-hybridized carbons (Fsp3) is 0.542. The first-order valence-corrected chi connectivity index (χ1v) is 12.9. The molecule has 1 aromatic rings. The molecule has 0 spiro atoms. The third kappa shape index (κ3) is 6.48. The number of fused-ring (bicyclic) bond motifs is 1. The molecule has 0 bridgehead atoms. The normalized spacial score (nSPS) is 19.7. The predicted molar refractivity (Wildman–Crippen MR) is 130 cm³/mol. The number of aliphatic carboxylic acids is 1. The van der Waals surface area contributed by atoms with Crippen LogP contribution in [0.5, 0.6) is 0 Å². The van der Waals surface area contributed by atoms with Gasteiger partial charge in [-0.05, 0) is 31.9 Å². The molecule has 0 saturated carbocycles. The topological polar surface area (TPSA) is 144 Å². The van der Waals surface area contributed by atoms with Crippen molar-refractivity contribution in [2.45, 2.75) is 63.4 Å². The van der Waals surface area contributed by atoms with Crippen LogP contribution in [-0.2, 0) is 33.4 Å². The van der Waals surface area contributed by atoms with E-state index in [1.165, 1.54) is 18.7 Å². The highest BCUT2D eigenvalue weighted by Crippen LogP contribution is 2.40. The van der Waals surface area contributed by atoms with Crippen LogP contribution < -0.4 is 5.32 Å². The molecule has 1 aromatic heterocycles. The minimum atomic E-state index is -1.28. The Morgan fingerprint density at radius 3 is 2.53 bits per heavy atom. The Kier molecular flexibility index (Phi) is 9.57. The Morgan fingerprint density at radius 1 is 1.17 bits per heavy atom. The molecular weight excluding hydrogens is 490 g/mol. The van der Waals surface area contributed by atoms with Crippen LogP contribution in [0.4, 0.5) is 0 Å². The van der Waals surface area contributed by atoms with Gasteiger partial charge in [0, 0.05) is 37.1 Å². The number of esters is 2. The maximum atomic E-state index is 13.2. The second kappa shape index (κ2) is 12.6. The number of aromatic nitrogens is 1. The number of hydrogen-bond donors (Lipinski definition) is 2. The largest absolute Gasteiger partial charge is 0.477 e. The van der Waals surface area contributed by atoms with Gasteiger partial charge < -0.3 is 24.5 Å². The number of rotatable bonds is 13. The average molecular weight is 522 g/mol. The number of amides is 2. The average Bonchev–Trinajstić information content (AvgIpc) is 3.37. The molecular formula is C24H31N3O8S. The van der Waals surface area contributed by atoms with Gasteiger partial charge >= 0.3 is 17.9 Å². The molecule has 11 nitrogen and oxygen atoms in total. The van der Waals surface area contributed by atoms with E-state index in [0.29, 0.717) is 37.9 Å². The molecule has 196 valence electrons. The Hall–Kier alpha value is -3.28. The number of hydrogen-bond acceptors (Lipinski definition) is 8. The summed E-state index contributed by atoms with van der Waals surface area (Å²) in [6.45, 7) is 3.13. The lowest BCUT2D eigenvalue weighted by atomic mass is 10.0. The number of unbranched alkanes of at least 4 members (excludes halogenated alkanes) is 2. The van der Waals surface area contributed by atoms with Crippen LogP contribution in [0.2, 0.25) is 0 Å². The Labute approximate surface area is 213 Å². The minimum absolute atomic E-state index is 0.195. The highest BCUT2D eigenvalue weighted by Gasteiger charge is 2.54. The van der Waals surface area contributed by atoms with Crippen molar-refractivity contribution in [1.82, 2.24) is 14.8 Å². The van der Waals surface area contributed by atoms with Gasteiger partial charge in [-0.25, -0.2) is 4.79 Å². The molecule has 2 aliphatic rings. The van der Waals surface area contributed by atoms with Crippen LogP contribution in [0.1, 0.15) is 52.0 Å². The molecule has 3 unspecified atom stereocenters. The van der Waals surface area contributed by atoms with Gasteiger partial charge in [-0.2, -0.15) is 0 Å². The maximum absolute atomic E-state index is 13.2. The third-order valence-electron chi connectivity index (χ3n) is 5.95. The van der Waals surface area contributed by atoms with E-state index in [1.54, 1.807) is 23.9 Å². The van der Waals surface area contributed by atoms with Crippen LogP contribution in [0, 0.1) is 0 Å². The van der Waals surface area contributed by atoms with Crippen LogP contribution >= 0.6 is 11.8 Å². The molecule has 1 fully saturated rings. The molecule has 12 heteroatoms. The van der Waals surface area contributed by atoms with Gasteiger partial charge in [0.05, 0.1) is 6.61 Å². The molecule has 3 heterocycles. The monoisotopic (exact) mass is 521 g/mol. The predicted octanol–water partition coefficient (Wildman–Crippen LogP) is 1.84. The van der Waals surface area contributed by atoms with Crippen molar-refractivity contribution >= 4 is 41.5 Å². The van der Waals surface area contributed by atoms with Crippen LogP contribution in [-0.4, -0.2) is 74.7 Å². The lowest BCUT2D eigenvalue weighted by Crippen LogP contribution is -2.71. The van der Waals surface area contributed by atoms with Crippen molar-refractivity contribution < 1.29 is 38.6 Å². The van der Waals surface area contributed by atoms with E-state index in [4.69, 9.17) is 9.47 Å². The minimum Gasteiger partial charge on any atom is -0.477 e. The first kappa shape index (κ1) is 27.3. The van der Waals surface area contributed by atoms with Gasteiger partial charge in [0.2, 0.25) is 5.91 Å². The molecule has 36 heavy (non-hydrogen) atoms. The standard InChI is InChI=1S/C24H31N3O8S/c1-3-34-18(29)10-6-4-5-9-17(26-11-7-8-12-26)21(30)25-19-22(31)27-20(24(32)33)16(13-35-15(2)28)14-36-23(19)27/h7-8,11-12,17,19,23H,3-6,9-10,13-14H2,1-2H3,(H,25,30)(H,32,33). The van der Waals surface area contributed by atoms with Gasteiger partial charge in [-0.15, -0.1) is 11.8 Å². The molecule has 1 saturated heterocycles. The Morgan fingerprint density at radius 2 is 1.89 bits per heavy atom. The first-order chi connectivity index (χ1) is 17.2. The number of carboxylic acid groups (broad SMARTS) is 1. The number of carbonyl (C=O) groups is 5. The fourth-order valence-corrected chi connectivity index (χ4v) is 5.55. The second-order valence-electron chi connectivity index (χ2n) is 8.48. The summed E-state index contributed by atoms with van der Waals surface area (Å²) in [6, 6.07) is 2.21. The van der Waals surface area contributed by atoms with E-state index in [1.807, 2.05) is 12.1 Å². The van der Waals surface area contributed by atoms with Crippen molar-refractivity contribution in [2.24, 2.45) is 0 Å². The lowest BCUT2D eigenvalue weighted by Gasteiger charge is -2.49. The highest BCUT2D eigenvalue weighted by atomic mass is 32.2. The van der Waals surface area contributed by atoms with E-state index in [0.717, 1.165) is 11.3 Å². The summed E-state index contributed by atoms with van der Waals surface area (Å²) in [4.78, 5) is 61.8. The van der Waals surface area contributed by atoms with E-state index >= 15 is 0 Å². The van der Waals surface area contributed by atoms with Crippen LogP contribution in [0.25, 0.3) is 0 Å². The van der Waals surface area contributed by atoms with E-state index in [9.17, 15) is 29.1 Å². The van der Waals surface area contributed by atoms with Gasteiger partial charge in [0.25, 0.3) is 5.91 Å². The number of ether oxygens (including phenoxy) is 2. The van der Waals surface area contributed by atoms with E-state index < -0.39 is 35.3 Å². The van der Waals surface area contributed by atoms with Crippen molar-refractivity contribution in [3.63, 3.8) is 0 Å². The molecule has 3 atom stereocenters. The SMILES string of the molecule is CCOC(=O)CCCCCC(C(=O)NC1C(=O)N2C(C(=O)O)=C(COC(C)=O)CSC12)n1cccc1. The summed E-state index contributed by atoms with van der Waals surface area (Å²) >= 11 is 1.32. The van der Waals surface area contributed by atoms with Crippen molar-refractivity contribution in [1.29, 1.82) is 0 Å². The summed E-state index contributed by atoms with van der Waals surface area (Å²) in [5.74, 6) is -2.65. The molecule has 0 radical (unpaired) electrons. The zero-order valence-corrected chi connectivity index (χ0v) is 21.1. The molecule has 2 amide bonds. The number of β-lactam (4-membered cyclic amide) rings is 1. The zero-order chi connectivity index (χ0) is 26.2. The quantitative estimate of drug-likeness (QED) is 0.226. The summed E-state index contributed by atoms with van der Waals surface area (Å²) in [5, 5.41) is 11.9. The summed E-state index contributed by atoms with van der Waals surface area (Å²) in [5.41, 5.74) is 0.143. The Bertz CT molecular complexity index is 1020. The molecule has 2 aliphatic heterocycles. The highest BCUT2D eigenvalue weighted by molar-refractivity contribution is 8.00. The summed E-state index contributed by atoms with van der Waals surface area (Å²) in [7, 11) is 0. The number of nitrogens with zero attached hydrogens (tertiary/aromatic N) is 2. The van der Waals surface area contributed by atoms with Gasteiger partial charge in [-0.1, -0.05) is 12.8 Å². The van der Waals surface area contributed by atoms with Gasteiger partial charge in [-0.3, -0.25) is 24.1 Å². The molecule has 0 aromatic carbocycles. The first-order valence-electron chi connectivity index (χ1n) is 11.9. The van der Waals surface area contributed by atoms with Crippen LogP contribution in [0.3, 0.4) is 0 Å². The van der Waals surface area contributed by atoms with E-state index in [-0.39, 0.29) is 29.9 Å². The number of nitrogens with one attached hydrogen (secondary N) is 1. The number of carbonyl (C=O) groups excluding carboxylic acids is 4. The third-order valence-corrected chi connectivity index (χ3v) is 7.29. The second-order valence-corrected chi connectivity index (χ2v) is 9.59.